The molecule has 0 fully saturated rings. The number of aromatic nitrogens is 2. The lowest BCUT2D eigenvalue weighted by Crippen LogP contribution is -2.13. The molecule has 0 aliphatic carbocycles. The van der Waals surface area contributed by atoms with Gasteiger partial charge in [0.2, 0.25) is 5.89 Å². The minimum Gasteiger partial charge on any atom is -0.444 e. The van der Waals surface area contributed by atoms with Crippen molar-refractivity contribution in [3.05, 3.63) is 33.9 Å². The van der Waals surface area contributed by atoms with Crippen molar-refractivity contribution in [2.24, 2.45) is 0 Å². The third-order valence-electron chi connectivity index (χ3n) is 2.43. The molecule has 0 bridgehead atoms. The zero-order valence-electron chi connectivity index (χ0n) is 10.2. The van der Waals surface area contributed by atoms with E-state index >= 15 is 0 Å². The molecule has 0 amide bonds. The van der Waals surface area contributed by atoms with Crippen LogP contribution in [0.3, 0.4) is 0 Å². The molecular weight excluding hydrogens is 234 g/mol. The summed E-state index contributed by atoms with van der Waals surface area (Å²) in [5.74, 6) is 1.68. The molecule has 0 saturated heterocycles. The number of nitrogens with zero attached hydrogens (tertiary/aromatic N) is 2. The summed E-state index contributed by atoms with van der Waals surface area (Å²) in [6.07, 6.45) is 3.68. The summed E-state index contributed by atoms with van der Waals surface area (Å²) in [4.78, 5) is 8.68. The molecule has 2 rings (SSSR count). The highest BCUT2D eigenvalue weighted by atomic mass is 32.1. The van der Waals surface area contributed by atoms with Crippen LogP contribution in [0.2, 0.25) is 0 Å². The van der Waals surface area contributed by atoms with Gasteiger partial charge in [-0.1, -0.05) is 13.8 Å². The Hall–Kier alpha value is -1.20. The average Bonchev–Trinajstić information content (AvgIpc) is 2.97. The lowest BCUT2D eigenvalue weighted by Gasteiger charge is -1.98. The van der Waals surface area contributed by atoms with Gasteiger partial charge in [0.15, 0.2) is 0 Å². The van der Waals surface area contributed by atoms with Crippen LogP contribution in [0.4, 0.5) is 0 Å². The Bertz CT molecular complexity index is 422. The van der Waals surface area contributed by atoms with Crippen LogP contribution in [0, 0.1) is 0 Å². The summed E-state index contributed by atoms with van der Waals surface area (Å²) < 4.78 is 5.51. The van der Waals surface area contributed by atoms with E-state index in [1.54, 1.807) is 17.5 Å². The van der Waals surface area contributed by atoms with Gasteiger partial charge in [-0.25, -0.2) is 9.97 Å². The minimum atomic E-state index is 0.652. The molecule has 4 nitrogen and oxygen atoms in total. The van der Waals surface area contributed by atoms with E-state index in [0.29, 0.717) is 6.54 Å². The molecule has 1 N–H and O–H groups in total. The summed E-state index contributed by atoms with van der Waals surface area (Å²) in [6, 6.07) is 0. The first-order valence-corrected chi connectivity index (χ1v) is 6.77. The number of hydrogen-bond donors (Lipinski definition) is 1. The van der Waals surface area contributed by atoms with Gasteiger partial charge in [0.25, 0.3) is 0 Å². The zero-order chi connectivity index (χ0) is 12.1. The van der Waals surface area contributed by atoms with E-state index in [4.69, 9.17) is 4.42 Å². The number of aryl methyl sites for hydroxylation is 2. The summed E-state index contributed by atoms with van der Waals surface area (Å²) in [5, 5.41) is 6.56. The Balaban J connectivity index is 1.79. The molecule has 0 radical (unpaired) electrons. The molecule has 2 aromatic rings. The Morgan fingerprint density at radius 3 is 2.82 bits per heavy atom. The maximum absolute atomic E-state index is 5.51. The van der Waals surface area contributed by atoms with E-state index in [9.17, 15) is 0 Å². The van der Waals surface area contributed by atoms with Gasteiger partial charge in [-0.05, 0) is 6.42 Å². The largest absolute Gasteiger partial charge is 0.444 e. The Kier molecular flexibility index (Phi) is 4.28. The fourth-order valence-corrected chi connectivity index (χ4v) is 2.23. The van der Waals surface area contributed by atoms with Gasteiger partial charge in [0.1, 0.15) is 5.76 Å². The zero-order valence-corrected chi connectivity index (χ0v) is 11.0. The molecule has 0 aliphatic rings. The van der Waals surface area contributed by atoms with Gasteiger partial charge in [0, 0.05) is 18.3 Å². The standard InChI is InChI=1S/C12H17N3OS/c1-3-10-6-14-11(16-10)7-13-5-9-8-17-12(4-2)15-9/h6,8,13H,3-5,7H2,1-2H3. The van der Waals surface area contributed by atoms with E-state index in [-0.39, 0.29) is 0 Å². The maximum atomic E-state index is 5.51. The monoisotopic (exact) mass is 251 g/mol. The highest BCUT2D eigenvalue weighted by Crippen LogP contribution is 2.10. The van der Waals surface area contributed by atoms with Crippen LogP contribution in [0.25, 0.3) is 0 Å². The lowest BCUT2D eigenvalue weighted by molar-refractivity contribution is 0.438. The van der Waals surface area contributed by atoms with E-state index < -0.39 is 0 Å². The van der Waals surface area contributed by atoms with Crippen molar-refractivity contribution in [3.63, 3.8) is 0 Å². The second-order valence-corrected chi connectivity index (χ2v) is 4.71. The smallest absolute Gasteiger partial charge is 0.208 e. The van der Waals surface area contributed by atoms with Crippen molar-refractivity contribution < 1.29 is 4.42 Å². The average molecular weight is 251 g/mol. The SMILES string of the molecule is CCc1cnc(CNCc2csc(CC)n2)o1. The highest BCUT2D eigenvalue weighted by Gasteiger charge is 2.03. The molecule has 0 unspecified atom stereocenters. The van der Waals surface area contributed by atoms with Crippen molar-refractivity contribution in [3.8, 4) is 0 Å². The van der Waals surface area contributed by atoms with Crippen molar-refractivity contribution in [2.45, 2.75) is 39.8 Å². The number of rotatable bonds is 6. The van der Waals surface area contributed by atoms with E-state index in [1.165, 1.54) is 5.01 Å². The predicted octanol–water partition coefficient (Wildman–Crippen LogP) is 2.55. The van der Waals surface area contributed by atoms with E-state index in [0.717, 1.165) is 36.7 Å². The molecule has 5 heteroatoms. The van der Waals surface area contributed by atoms with Gasteiger partial charge >= 0.3 is 0 Å². The molecule has 0 aliphatic heterocycles. The third-order valence-corrected chi connectivity index (χ3v) is 3.48. The first-order valence-electron chi connectivity index (χ1n) is 5.89. The Labute approximate surface area is 105 Å². The van der Waals surface area contributed by atoms with Crippen LogP contribution in [-0.4, -0.2) is 9.97 Å². The minimum absolute atomic E-state index is 0.652. The number of thiazole rings is 1. The molecule has 17 heavy (non-hydrogen) atoms. The molecule has 92 valence electrons. The normalized spacial score (nSPS) is 10.9. The molecule has 0 atom stereocenters. The Morgan fingerprint density at radius 2 is 2.18 bits per heavy atom. The number of nitrogens with one attached hydrogen (secondary N) is 1. The summed E-state index contributed by atoms with van der Waals surface area (Å²) in [7, 11) is 0. The van der Waals surface area contributed by atoms with Gasteiger partial charge in [-0.2, -0.15) is 0 Å². The van der Waals surface area contributed by atoms with Gasteiger partial charge in [-0.3, -0.25) is 0 Å². The molecule has 0 aromatic carbocycles. The van der Waals surface area contributed by atoms with Crippen LogP contribution in [0.1, 0.15) is 36.2 Å². The van der Waals surface area contributed by atoms with Crippen molar-refractivity contribution in [1.82, 2.24) is 15.3 Å². The van der Waals surface area contributed by atoms with Crippen LogP contribution in [0.5, 0.6) is 0 Å². The number of hydrogen-bond acceptors (Lipinski definition) is 5. The molecule has 2 aromatic heterocycles. The van der Waals surface area contributed by atoms with Crippen LogP contribution in [-0.2, 0) is 25.9 Å². The first kappa shape index (κ1) is 12.3. The summed E-state index contributed by atoms with van der Waals surface area (Å²) in [5.41, 5.74) is 1.09. The van der Waals surface area contributed by atoms with Gasteiger partial charge in [0.05, 0.1) is 23.4 Å². The lowest BCUT2D eigenvalue weighted by atomic mass is 10.4. The topological polar surface area (TPSA) is 51.0 Å². The second kappa shape index (κ2) is 5.93. The fourth-order valence-electron chi connectivity index (χ4n) is 1.48. The molecule has 0 saturated carbocycles. The molecule has 0 spiro atoms. The van der Waals surface area contributed by atoms with E-state index in [1.807, 2.05) is 0 Å². The summed E-state index contributed by atoms with van der Waals surface area (Å²) >= 11 is 1.71. The van der Waals surface area contributed by atoms with Crippen molar-refractivity contribution in [2.75, 3.05) is 0 Å². The first-order chi connectivity index (χ1) is 8.31. The summed E-state index contributed by atoms with van der Waals surface area (Å²) in [6.45, 7) is 5.59. The number of oxazole rings is 1. The van der Waals surface area contributed by atoms with Crippen LogP contribution >= 0.6 is 11.3 Å². The van der Waals surface area contributed by atoms with Crippen molar-refractivity contribution in [1.29, 1.82) is 0 Å². The van der Waals surface area contributed by atoms with Crippen molar-refractivity contribution >= 4 is 11.3 Å². The second-order valence-electron chi connectivity index (χ2n) is 3.76. The molecular formula is C12H17N3OS. The van der Waals surface area contributed by atoms with E-state index in [2.05, 4.69) is 34.5 Å². The predicted molar refractivity (Wildman–Crippen MR) is 67.9 cm³/mol. The Morgan fingerprint density at radius 1 is 1.29 bits per heavy atom. The molecule has 2 heterocycles. The third kappa shape index (κ3) is 3.38. The van der Waals surface area contributed by atoms with Gasteiger partial charge < -0.3 is 9.73 Å². The fraction of sp³-hybridized carbons (Fsp3) is 0.500. The highest BCUT2D eigenvalue weighted by molar-refractivity contribution is 7.09. The van der Waals surface area contributed by atoms with Crippen LogP contribution in [0.15, 0.2) is 16.0 Å². The quantitative estimate of drug-likeness (QED) is 0.857. The maximum Gasteiger partial charge on any atom is 0.208 e. The van der Waals surface area contributed by atoms with Crippen LogP contribution < -0.4 is 5.32 Å². The van der Waals surface area contributed by atoms with Gasteiger partial charge in [-0.15, -0.1) is 11.3 Å².